The Morgan fingerprint density at radius 3 is 2.33 bits per heavy atom. The van der Waals surface area contributed by atoms with Crippen molar-refractivity contribution in [3.05, 3.63) is 48.0 Å². The molecule has 190 valence electrons. The maximum Gasteiger partial charge on any atom is 0.325 e. The van der Waals surface area contributed by atoms with E-state index in [1.165, 1.54) is 0 Å². The van der Waals surface area contributed by atoms with Gasteiger partial charge in [0.1, 0.15) is 12.1 Å². The smallest absolute Gasteiger partial charge is 0.325 e. The predicted molar refractivity (Wildman–Crippen MR) is 136 cm³/mol. The lowest BCUT2D eigenvalue weighted by atomic mass is 9.64. The fourth-order valence-corrected chi connectivity index (χ4v) is 6.63. The minimum absolute atomic E-state index is 0.0519. The fraction of sp³-hybridized carbons (Fsp3) is 0.500. The molecule has 0 aromatic heterocycles. The Morgan fingerprint density at radius 2 is 1.61 bits per heavy atom. The SMILES string of the molecule is CC1CC(C)(C)CC2(C1)NC(=O)N(CC(=O)N1CCN(C(=O)c3cccc4ccccc34)CC1)C2=O. The van der Waals surface area contributed by atoms with E-state index in [1.54, 1.807) is 9.80 Å². The topological polar surface area (TPSA) is 90.0 Å². The molecule has 2 saturated heterocycles. The lowest BCUT2D eigenvalue weighted by molar-refractivity contribution is -0.141. The van der Waals surface area contributed by atoms with Crippen LogP contribution in [0.3, 0.4) is 0 Å². The van der Waals surface area contributed by atoms with Crippen LogP contribution in [0.2, 0.25) is 0 Å². The molecule has 36 heavy (non-hydrogen) atoms. The summed E-state index contributed by atoms with van der Waals surface area (Å²) in [4.78, 5) is 56.9. The lowest BCUT2D eigenvalue weighted by Crippen LogP contribution is -2.55. The van der Waals surface area contributed by atoms with Crippen molar-refractivity contribution in [2.75, 3.05) is 32.7 Å². The van der Waals surface area contributed by atoms with Crippen LogP contribution in [0, 0.1) is 11.3 Å². The molecule has 2 unspecified atom stereocenters. The quantitative estimate of drug-likeness (QED) is 0.669. The Kier molecular flexibility index (Phi) is 6.01. The number of nitrogens with zero attached hydrogens (tertiary/aromatic N) is 3. The number of carbonyl (C=O) groups is 4. The summed E-state index contributed by atoms with van der Waals surface area (Å²) in [5.41, 5.74) is -0.322. The maximum absolute atomic E-state index is 13.4. The average molecular weight is 491 g/mol. The van der Waals surface area contributed by atoms with Crippen LogP contribution in [0.5, 0.6) is 0 Å². The third-order valence-corrected chi connectivity index (χ3v) is 7.86. The van der Waals surface area contributed by atoms with Crippen LogP contribution in [-0.2, 0) is 9.59 Å². The van der Waals surface area contributed by atoms with Crippen LogP contribution in [0.25, 0.3) is 10.8 Å². The first-order valence-electron chi connectivity index (χ1n) is 12.8. The van der Waals surface area contributed by atoms with Gasteiger partial charge in [0.05, 0.1) is 0 Å². The van der Waals surface area contributed by atoms with Crippen molar-refractivity contribution in [1.82, 2.24) is 20.0 Å². The number of carbonyl (C=O) groups excluding carboxylic acids is 4. The van der Waals surface area contributed by atoms with E-state index in [2.05, 4.69) is 26.1 Å². The minimum atomic E-state index is -0.915. The summed E-state index contributed by atoms with van der Waals surface area (Å²) in [5, 5.41) is 4.86. The Morgan fingerprint density at radius 1 is 0.944 bits per heavy atom. The molecule has 0 radical (unpaired) electrons. The molecule has 5 amide bonds. The van der Waals surface area contributed by atoms with Crippen molar-refractivity contribution >= 4 is 34.5 Å². The van der Waals surface area contributed by atoms with Gasteiger partial charge in [-0.2, -0.15) is 0 Å². The molecule has 1 saturated carbocycles. The van der Waals surface area contributed by atoms with E-state index < -0.39 is 11.6 Å². The molecular formula is C28H34N4O4. The van der Waals surface area contributed by atoms with Crippen molar-refractivity contribution in [3.8, 4) is 0 Å². The summed E-state index contributed by atoms with van der Waals surface area (Å²) in [6.45, 7) is 7.64. The fourth-order valence-electron chi connectivity index (χ4n) is 6.63. The average Bonchev–Trinajstić information content (AvgIpc) is 3.05. The van der Waals surface area contributed by atoms with E-state index in [9.17, 15) is 19.2 Å². The number of rotatable bonds is 3. The summed E-state index contributed by atoms with van der Waals surface area (Å²) in [7, 11) is 0. The zero-order valence-electron chi connectivity index (χ0n) is 21.3. The number of hydrogen-bond donors (Lipinski definition) is 1. The molecular weight excluding hydrogens is 456 g/mol. The standard InChI is InChI=1S/C28H34N4O4/c1-19-15-27(2,3)18-28(16-19)25(35)32(26(36)29-28)17-23(33)30-11-13-31(14-12-30)24(34)22-10-6-8-20-7-4-5-9-21(20)22/h4-10,19H,11-18H2,1-3H3,(H,29,36). The molecule has 1 spiro atoms. The Labute approximate surface area is 211 Å². The summed E-state index contributed by atoms with van der Waals surface area (Å²) in [6, 6.07) is 13.0. The van der Waals surface area contributed by atoms with Gasteiger partial charge in [-0.15, -0.1) is 0 Å². The largest absolute Gasteiger partial charge is 0.338 e. The van der Waals surface area contributed by atoms with E-state index in [1.807, 2.05) is 42.5 Å². The molecule has 2 atom stereocenters. The summed E-state index contributed by atoms with van der Waals surface area (Å²) in [5.74, 6) is -0.300. The zero-order valence-corrected chi connectivity index (χ0v) is 21.3. The van der Waals surface area contributed by atoms with Gasteiger partial charge in [-0.1, -0.05) is 57.2 Å². The molecule has 2 aromatic rings. The zero-order chi connectivity index (χ0) is 25.7. The highest BCUT2D eigenvalue weighted by Crippen LogP contribution is 2.46. The molecule has 2 aliphatic heterocycles. The van der Waals surface area contributed by atoms with Crippen molar-refractivity contribution < 1.29 is 19.2 Å². The van der Waals surface area contributed by atoms with E-state index in [0.717, 1.165) is 22.1 Å². The molecule has 2 heterocycles. The van der Waals surface area contributed by atoms with Gasteiger partial charge < -0.3 is 15.1 Å². The lowest BCUT2D eigenvalue weighted by Gasteiger charge is -2.43. The molecule has 2 aromatic carbocycles. The predicted octanol–water partition coefficient (Wildman–Crippen LogP) is 3.26. The first-order valence-corrected chi connectivity index (χ1v) is 12.8. The van der Waals surface area contributed by atoms with E-state index in [4.69, 9.17) is 0 Å². The van der Waals surface area contributed by atoms with Gasteiger partial charge in [0, 0.05) is 31.7 Å². The van der Waals surface area contributed by atoms with Gasteiger partial charge in [-0.3, -0.25) is 19.3 Å². The van der Waals surface area contributed by atoms with E-state index in [0.29, 0.717) is 50.5 Å². The van der Waals surface area contributed by atoms with Gasteiger partial charge in [0.2, 0.25) is 5.91 Å². The third kappa shape index (κ3) is 4.33. The van der Waals surface area contributed by atoms with Gasteiger partial charge in [0.25, 0.3) is 11.8 Å². The number of piperazine rings is 1. The number of hydrogen-bond acceptors (Lipinski definition) is 4. The third-order valence-electron chi connectivity index (χ3n) is 7.86. The number of benzene rings is 2. The summed E-state index contributed by atoms with van der Waals surface area (Å²) >= 11 is 0. The molecule has 8 nitrogen and oxygen atoms in total. The van der Waals surface area contributed by atoms with Gasteiger partial charge in [-0.05, 0) is 47.4 Å². The van der Waals surface area contributed by atoms with Crippen LogP contribution >= 0.6 is 0 Å². The first-order chi connectivity index (χ1) is 17.1. The maximum atomic E-state index is 13.4. The number of urea groups is 1. The highest BCUT2D eigenvalue weighted by atomic mass is 16.2. The highest BCUT2D eigenvalue weighted by Gasteiger charge is 2.56. The second kappa shape index (κ2) is 8.91. The Balaban J connectivity index is 1.21. The van der Waals surface area contributed by atoms with Gasteiger partial charge >= 0.3 is 6.03 Å². The summed E-state index contributed by atoms with van der Waals surface area (Å²) in [6.07, 6.45) is 2.17. The van der Waals surface area contributed by atoms with Crippen LogP contribution < -0.4 is 5.32 Å². The van der Waals surface area contributed by atoms with Crippen molar-refractivity contribution in [3.63, 3.8) is 0 Å². The van der Waals surface area contributed by atoms with Gasteiger partial charge in [-0.25, -0.2) is 4.79 Å². The molecule has 0 bridgehead atoms. The Hall–Kier alpha value is -3.42. The van der Waals surface area contributed by atoms with Crippen LogP contribution in [0.4, 0.5) is 4.79 Å². The van der Waals surface area contributed by atoms with Crippen LogP contribution in [0.1, 0.15) is 50.4 Å². The number of nitrogens with one attached hydrogen (secondary N) is 1. The second-order valence-corrected chi connectivity index (χ2v) is 11.5. The summed E-state index contributed by atoms with van der Waals surface area (Å²) < 4.78 is 0. The molecule has 1 N–H and O–H groups in total. The second-order valence-electron chi connectivity index (χ2n) is 11.5. The number of imide groups is 1. The molecule has 3 fully saturated rings. The highest BCUT2D eigenvalue weighted by molar-refractivity contribution is 6.09. The van der Waals surface area contributed by atoms with Crippen LogP contribution in [0.15, 0.2) is 42.5 Å². The number of amides is 5. The first kappa shape index (κ1) is 24.3. The van der Waals surface area contributed by atoms with Gasteiger partial charge in [0.15, 0.2) is 0 Å². The molecule has 1 aliphatic carbocycles. The van der Waals surface area contributed by atoms with Crippen LogP contribution in [-0.4, -0.2) is 76.7 Å². The van der Waals surface area contributed by atoms with E-state index in [-0.39, 0.29) is 29.7 Å². The molecule has 3 aliphatic rings. The minimum Gasteiger partial charge on any atom is -0.338 e. The van der Waals surface area contributed by atoms with E-state index >= 15 is 0 Å². The normalized spacial score (nSPS) is 26.0. The van der Waals surface area contributed by atoms with Crippen molar-refractivity contribution in [1.29, 1.82) is 0 Å². The molecule has 5 rings (SSSR count). The Bertz CT molecular complexity index is 1230. The van der Waals surface area contributed by atoms with Crippen molar-refractivity contribution in [2.45, 2.75) is 45.6 Å². The monoisotopic (exact) mass is 490 g/mol. The number of fused-ring (bicyclic) bond motifs is 1. The molecule has 8 heteroatoms. The van der Waals surface area contributed by atoms with Crippen molar-refractivity contribution in [2.24, 2.45) is 11.3 Å².